The van der Waals surface area contributed by atoms with E-state index in [-0.39, 0.29) is 5.91 Å². The number of hydrogen-bond acceptors (Lipinski definition) is 5. The Balaban J connectivity index is 1.62. The first-order chi connectivity index (χ1) is 13.6. The van der Waals surface area contributed by atoms with E-state index in [9.17, 15) is 4.79 Å². The topological polar surface area (TPSA) is 105 Å². The van der Waals surface area contributed by atoms with Gasteiger partial charge >= 0.3 is 0 Å². The molecule has 146 valence electrons. The number of ether oxygens (including phenoxy) is 1. The summed E-state index contributed by atoms with van der Waals surface area (Å²) in [6, 6.07) is 11.4. The normalized spacial score (nSPS) is 11.3. The lowest BCUT2D eigenvalue weighted by molar-refractivity contribution is -0.114. The van der Waals surface area contributed by atoms with Crippen LogP contribution in [0.5, 0.6) is 5.75 Å². The number of rotatable bonds is 6. The summed E-state index contributed by atoms with van der Waals surface area (Å²) in [6.45, 7) is 2.46. The molecule has 0 saturated heterocycles. The van der Waals surface area contributed by atoms with E-state index in [1.807, 2.05) is 47.0 Å². The standard InChI is InChI=1S/C19H23N7O2/c1-13(27)23-15-10-14(7-8-16(15)28-3)11-21-19(20-2)22-12-18-25-24-17-6-4-5-9-26(17)18/h4-10H,11-12H2,1-3H3,(H,23,27)(H2,20,21,22). The minimum Gasteiger partial charge on any atom is -0.495 e. The molecule has 9 heteroatoms. The molecule has 28 heavy (non-hydrogen) atoms. The van der Waals surface area contributed by atoms with Crippen LogP contribution < -0.4 is 20.7 Å². The molecule has 9 nitrogen and oxygen atoms in total. The van der Waals surface area contributed by atoms with E-state index >= 15 is 0 Å². The van der Waals surface area contributed by atoms with Gasteiger partial charge < -0.3 is 20.7 Å². The predicted molar refractivity (Wildman–Crippen MR) is 107 cm³/mol. The van der Waals surface area contributed by atoms with Gasteiger partial charge in [-0.15, -0.1) is 10.2 Å². The summed E-state index contributed by atoms with van der Waals surface area (Å²) in [6.07, 6.45) is 1.92. The summed E-state index contributed by atoms with van der Waals surface area (Å²) in [5.74, 6) is 1.88. The molecule has 1 aromatic carbocycles. The van der Waals surface area contributed by atoms with Crippen LogP contribution in [0.15, 0.2) is 47.6 Å². The molecular formula is C19H23N7O2. The van der Waals surface area contributed by atoms with Crippen molar-refractivity contribution in [3.63, 3.8) is 0 Å². The molecule has 0 aliphatic carbocycles. The van der Waals surface area contributed by atoms with Gasteiger partial charge in [0.1, 0.15) is 5.75 Å². The van der Waals surface area contributed by atoms with Gasteiger partial charge in [0.25, 0.3) is 0 Å². The lowest BCUT2D eigenvalue weighted by Gasteiger charge is -2.14. The van der Waals surface area contributed by atoms with Crippen molar-refractivity contribution in [2.24, 2.45) is 4.99 Å². The summed E-state index contributed by atoms with van der Waals surface area (Å²) < 4.78 is 7.20. The minimum absolute atomic E-state index is 0.151. The molecule has 0 aliphatic rings. The van der Waals surface area contributed by atoms with Crippen LogP contribution in [-0.4, -0.2) is 40.6 Å². The van der Waals surface area contributed by atoms with E-state index in [0.717, 1.165) is 17.0 Å². The number of aromatic nitrogens is 3. The van der Waals surface area contributed by atoms with Gasteiger partial charge in [0.15, 0.2) is 17.4 Å². The highest BCUT2D eigenvalue weighted by Crippen LogP contribution is 2.25. The van der Waals surface area contributed by atoms with E-state index in [0.29, 0.717) is 30.5 Å². The number of methoxy groups -OCH3 is 1. The smallest absolute Gasteiger partial charge is 0.221 e. The number of aliphatic imine (C=N–C) groups is 1. The van der Waals surface area contributed by atoms with Gasteiger partial charge in [0, 0.05) is 26.7 Å². The predicted octanol–water partition coefficient (Wildman–Crippen LogP) is 1.56. The second kappa shape index (κ2) is 8.85. The molecule has 0 atom stereocenters. The molecule has 0 saturated carbocycles. The fraction of sp³-hybridized carbons (Fsp3) is 0.263. The van der Waals surface area contributed by atoms with Gasteiger partial charge in [0.2, 0.25) is 5.91 Å². The molecule has 1 amide bonds. The van der Waals surface area contributed by atoms with E-state index in [1.54, 1.807) is 14.2 Å². The zero-order valence-corrected chi connectivity index (χ0v) is 16.1. The first-order valence-corrected chi connectivity index (χ1v) is 8.78. The van der Waals surface area contributed by atoms with Crippen LogP contribution in [-0.2, 0) is 17.9 Å². The van der Waals surface area contributed by atoms with Crippen molar-refractivity contribution >= 4 is 23.2 Å². The Kier molecular flexibility index (Phi) is 6.05. The lowest BCUT2D eigenvalue weighted by Crippen LogP contribution is -2.36. The van der Waals surface area contributed by atoms with Crippen LogP contribution in [0.2, 0.25) is 0 Å². The van der Waals surface area contributed by atoms with Crippen LogP contribution in [0.1, 0.15) is 18.3 Å². The Bertz CT molecular complexity index is 997. The maximum absolute atomic E-state index is 11.4. The second-order valence-electron chi connectivity index (χ2n) is 6.04. The SMILES string of the molecule is CN=C(NCc1ccc(OC)c(NC(C)=O)c1)NCc1nnc2ccccn12. The molecule has 0 bridgehead atoms. The van der Waals surface area contributed by atoms with Gasteiger partial charge in [-0.25, -0.2) is 0 Å². The van der Waals surface area contributed by atoms with Gasteiger partial charge in [-0.05, 0) is 29.8 Å². The van der Waals surface area contributed by atoms with Crippen molar-refractivity contribution in [2.45, 2.75) is 20.0 Å². The van der Waals surface area contributed by atoms with Gasteiger partial charge in [0.05, 0.1) is 19.3 Å². The van der Waals surface area contributed by atoms with Crippen molar-refractivity contribution in [3.05, 3.63) is 54.0 Å². The Hall–Kier alpha value is -3.62. The lowest BCUT2D eigenvalue weighted by atomic mass is 10.2. The monoisotopic (exact) mass is 381 g/mol. The van der Waals surface area contributed by atoms with Crippen molar-refractivity contribution in [1.82, 2.24) is 25.2 Å². The van der Waals surface area contributed by atoms with Crippen molar-refractivity contribution in [1.29, 1.82) is 0 Å². The maximum atomic E-state index is 11.4. The molecule has 0 unspecified atom stereocenters. The summed E-state index contributed by atoms with van der Waals surface area (Å²) in [4.78, 5) is 15.6. The number of guanidine groups is 1. The number of fused-ring (bicyclic) bond motifs is 1. The zero-order chi connectivity index (χ0) is 19.9. The summed E-state index contributed by atoms with van der Waals surface area (Å²) in [5, 5.41) is 17.6. The Morgan fingerprint density at radius 1 is 1.18 bits per heavy atom. The second-order valence-corrected chi connectivity index (χ2v) is 6.04. The molecule has 0 fully saturated rings. The molecular weight excluding hydrogens is 358 g/mol. The minimum atomic E-state index is -0.151. The Morgan fingerprint density at radius 2 is 2.00 bits per heavy atom. The molecule has 0 radical (unpaired) electrons. The van der Waals surface area contributed by atoms with Crippen LogP contribution in [0.3, 0.4) is 0 Å². The third kappa shape index (κ3) is 4.56. The number of nitrogens with zero attached hydrogens (tertiary/aromatic N) is 4. The Morgan fingerprint density at radius 3 is 2.75 bits per heavy atom. The number of carbonyl (C=O) groups is 1. The summed E-state index contributed by atoms with van der Waals surface area (Å²) >= 11 is 0. The number of anilines is 1. The maximum Gasteiger partial charge on any atom is 0.221 e. The van der Waals surface area contributed by atoms with E-state index in [4.69, 9.17) is 4.74 Å². The van der Waals surface area contributed by atoms with Gasteiger partial charge in [-0.3, -0.25) is 14.2 Å². The molecule has 3 aromatic rings. The number of carbonyl (C=O) groups excluding carboxylic acids is 1. The van der Waals surface area contributed by atoms with Crippen LogP contribution in [0.4, 0.5) is 5.69 Å². The fourth-order valence-corrected chi connectivity index (χ4v) is 2.73. The first-order valence-electron chi connectivity index (χ1n) is 8.78. The van der Waals surface area contributed by atoms with Gasteiger partial charge in [-0.1, -0.05) is 12.1 Å². The highest BCUT2D eigenvalue weighted by molar-refractivity contribution is 5.90. The number of benzene rings is 1. The third-order valence-electron chi connectivity index (χ3n) is 4.06. The van der Waals surface area contributed by atoms with Crippen molar-refractivity contribution in [2.75, 3.05) is 19.5 Å². The Labute approximate surface area is 162 Å². The van der Waals surface area contributed by atoms with E-state index in [2.05, 4.69) is 31.1 Å². The highest BCUT2D eigenvalue weighted by atomic mass is 16.5. The molecule has 2 aromatic heterocycles. The molecule has 3 N–H and O–H groups in total. The van der Waals surface area contributed by atoms with Crippen LogP contribution in [0.25, 0.3) is 5.65 Å². The molecule has 0 aliphatic heterocycles. The number of amides is 1. The number of hydrogen-bond donors (Lipinski definition) is 3. The van der Waals surface area contributed by atoms with Crippen LogP contribution in [0, 0.1) is 0 Å². The quantitative estimate of drug-likeness (QED) is 0.442. The van der Waals surface area contributed by atoms with Crippen molar-refractivity contribution < 1.29 is 9.53 Å². The highest BCUT2D eigenvalue weighted by Gasteiger charge is 2.08. The largest absolute Gasteiger partial charge is 0.495 e. The first kappa shape index (κ1) is 19.2. The average Bonchev–Trinajstić information content (AvgIpc) is 3.11. The van der Waals surface area contributed by atoms with E-state index in [1.165, 1.54) is 6.92 Å². The fourth-order valence-electron chi connectivity index (χ4n) is 2.73. The molecule has 3 rings (SSSR count). The average molecular weight is 381 g/mol. The molecule has 2 heterocycles. The summed E-state index contributed by atoms with van der Waals surface area (Å²) in [7, 11) is 3.27. The van der Waals surface area contributed by atoms with Gasteiger partial charge in [-0.2, -0.15) is 0 Å². The van der Waals surface area contributed by atoms with Crippen LogP contribution >= 0.6 is 0 Å². The summed E-state index contributed by atoms with van der Waals surface area (Å²) in [5.41, 5.74) is 2.40. The number of pyridine rings is 1. The molecule has 0 spiro atoms. The van der Waals surface area contributed by atoms with E-state index < -0.39 is 0 Å². The zero-order valence-electron chi connectivity index (χ0n) is 16.1. The van der Waals surface area contributed by atoms with Crippen molar-refractivity contribution in [3.8, 4) is 5.75 Å². The third-order valence-corrected chi connectivity index (χ3v) is 4.06. The number of nitrogens with one attached hydrogen (secondary N) is 3.